The third-order valence-corrected chi connectivity index (χ3v) is 7.44. The molecule has 35 heavy (non-hydrogen) atoms. The van der Waals surface area contributed by atoms with E-state index in [0.29, 0.717) is 31.0 Å². The lowest BCUT2D eigenvalue weighted by Crippen LogP contribution is -2.45. The Labute approximate surface area is 202 Å². The molecule has 0 saturated carbocycles. The fourth-order valence-corrected chi connectivity index (χ4v) is 5.55. The van der Waals surface area contributed by atoms with Crippen molar-refractivity contribution < 1.29 is 9.90 Å². The molecule has 2 N–H and O–H groups in total. The lowest BCUT2D eigenvalue weighted by molar-refractivity contribution is -0.131. The number of amides is 1. The molecule has 2 aliphatic rings. The number of rotatable bonds is 6. The number of hydrogen-bond acceptors (Lipinski definition) is 7. The van der Waals surface area contributed by atoms with E-state index in [4.69, 9.17) is 0 Å². The van der Waals surface area contributed by atoms with Gasteiger partial charge in [-0.05, 0) is 30.7 Å². The molecule has 0 spiro atoms. The Kier molecular flexibility index (Phi) is 5.44. The van der Waals surface area contributed by atoms with Crippen molar-refractivity contribution >= 4 is 22.9 Å². The van der Waals surface area contributed by atoms with Gasteiger partial charge in [0.2, 0.25) is 5.91 Å². The van der Waals surface area contributed by atoms with Crippen molar-refractivity contribution in [1.82, 2.24) is 34.4 Å². The number of imidazole rings is 2. The smallest absolute Gasteiger partial charge is 0.242 e. The van der Waals surface area contributed by atoms with Gasteiger partial charge >= 0.3 is 0 Å². The van der Waals surface area contributed by atoms with Crippen molar-refractivity contribution in [2.75, 3.05) is 31.6 Å². The van der Waals surface area contributed by atoms with Crippen LogP contribution in [0.2, 0.25) is 0 Å². The van der Waals surface area contributed by atoms with Crippen molar-refractivity contribution in [2.45, 2.75) is 31.4 Å². The topological polar surface area (TPSA) is 116 Å². The average molecular weight is 473 g/mol. The monoisotopic (exact) mass is 472 g/mol. The minimum Gasteiger partial charge on any atom is -0.393 e. The first kappa shape index (κ1) is 21.7. The van der Waals surface area contributed by atoms with Crippen LogP contribution in [-0.4, -0.2) is 78.2 Å². The molecule has 1 aromatic carbocycles. The van der Waals surface area contributed by atoms with Crippen molar-refractivity contribution in [2.24, 2.45) is 5.92 Å². The first-order valence-corrected chi connectivity index (χ1v) is 12.0. The number of nitrogens with zero attached hydrogens (tertiary/aromatic N) is 7. The van der Waals surface area contributed by atoms with E-state index < -0.39 is 6.10 Å². The van der Waals surface area contributed by atoms with Gasteiger partial charge in [0, 0.05) is 25.7 Å². The number of aromatic amines is 1. The summed E-state index contributed by atoms with van der Waals surface area (Å²) in [5, 5.41) is 11.2. The second-order valence-corrected chi connectivity index (χ2v) is 9.46. The van der Waals surface area contributed by atoms with Crippen LogP contribution in [0, 0.1) is 5.92 Å². The molecule has 5 heterocycles. The standard InChI is InChI=1S/C25H28N8O2/c1-31(25-23-24(28-13-27-23)29-14-30-25)12-22(35)32-8-6-16(7-9-32)21(34)10-19-17-4-2-3-5-18(17)20-11-26-15-33(19)20/h2-5,11,13-16,19,21,34H,6-10,12H2,1H3,(H,27,28,29,30). The summed E-state index contributed by atoms with van der Waals surface area (Å²) in [4.78, 5) is 36.7. The molecule has 0 radical (unpaired) electrons. The molecule has 3 aromatic heterocycles. The van der Waals surface area contributed by atoms with Crippen LogP contribution in [0.3, 0.4) is 0 Å². The summed E-state index contributed by atoms with van der Waals surface area (Å²) in [6.45, 7) is 1.52. The van der Waals surface area contributed by atoms with E-state index in [2.05, 4.69) is 47.7 Å². The maximum absolute atomic E-state index is 13.0. The van der Waals surface area contributed by atoms with Gasteiger partial charge in [0.25, 0.3) is 0 Å². The Balaban J connectivity index is 1.06. The highest BCUT2D eigenvalue weighted by Crippen LogP contribution is 2.42. The number of aromatic nitrogens is 6. The molecular weight excluding hydrogens is 444 g/mol. The molecule has 0 aliphatic carbocycles. The molecule has 2 aliphatic heterocycles. The molecular formula is C25H28N8O2. The number of hydrogen-bond donors (Lipinski definition) is 2. The number of aliphatic hydroxyl groups excluding tert-OH is 1. The second kappa shape index (κ2) is 8.77. The van der Waals surface area contributed by atoms with Gasteiger partial charge in [-0.1, -0.05) is 24.3 Å². The van der Waals surface area contributed by atoms with Crippen molar-refractivity contribution in [3.8, 4) is 11.3 Å². The number of aliphatic hydroxyl groups is 1. The summed E-state index contributed by atoms with van der Waals surface area (Å²) in [6, 6.07) is 8.46. The molecule has 2 unspecified atom stereocenters. The molecule has 1 fully saturated rings. The Morgan fingerprint density at radius 1 is 1.23 bits per heavy atom. The summed E-state index contributed by atoms with van der Waals surface area (Å²) >= 11 is 0. The zero-order valence-electron chi connectivity index (χ0n) is 19.6. The Hall–Kier alpha value is -3.79. The predicted molar refractivity (Wildman–Crippen MR) is 131 cm³/mol. The van der Waals surface area contributed by atoms with Gasteiger partial charge in [0.1, 0.15) is 11.8 Å². The fourth-order valence-electron chi connectivity index (χ4n) is 5.55. The van der Waals surface area contributed by atoms with Crippen molar-refractivity contribution in [3.05, 3.63) is 55.0 Å². The van der Waals surface area contributed by atoms with Gasteiger partial charge in [-0.25, -0.2) is 19.9 Å². The van der Waals surface area contributed by atoms with E-state index in [-0.39, 0.29) is 24.4 Å². The minimum absolute atomic E-state index is 0.0551. The number of H-pyrrole nitrogens is 1. The summed E-state index contributed by atoms with van der Waals surface area (Å²) in [6.07, 6.45) is 8.59. The van der Waals surface area contributed by atoms with Crippen LogP contribution in [0.25, 0.3) is 22.4 Å². The predicted octanol–water partition coefficient (Wildman–Crippen LogP) is 2.25. The zero-order valence-corrected chi connectivity index (χ0v) is 19.6. The summed E-state index contributed by atoms with van der Waals surface area (Å²) in [7, 11) is 1.85. The molecule has 10 nitrogen and oxygen atoms in total. The van der Waals surface area contributed by atoms with E-state index in [0.717, 1.165) is 24.1 Å². The van der Waals surface area contributed by atoms with Crippen LogP contribution in [-0.2, 0) is 4.79 Å². The van der Waals surface area contributed by atoms with Gasteiger partial charge in [0.15, 0.2) is 11.5 Å². The average Bonchev–Trinajstić information content (AvgIpc) is 3.61. The number of carbonyl (C=O) groups excluding carboxylic acids is 1. The van der Waals surface area contributed by atoms with Gasteiger partial charge in [0.05, 0.1) is 43.2 Å². The summed E-state index contributed by atoms with van der Waals surface area (Å²) < 4.78 is 2.17. The molecule has 10 heteroatoms. The Bertz CT molecular complexity index is 1360. The van der Waals surface area contributed by atoms with Crippen LogP contribution in [0.5, 0.6) is 0 Å². The van der Waals surface area contributed by atoms with Crippen molar-refractivity contribution in [3.63, 3.8) is 0 Å². The second-order valence-electron chi connectivity index (χ2n) is 9.46. The normalized spacial score (nSPS) is 18.5. The zero-order chi connectivity index (χ0) is 23.9. The van der Waals surface area contributed by atoms with Crippen LogP contribution in [0.1, 0.15) is 30.9 Å². The van der Waals surface area contributed by atoms with Crippen LogP contribution >= 0.6 is 0 Å². The highest BCUT2D eigenvalue weighted by Gasteiger charge is 2.34. The molecule has 180 valence electrons. The third kappa shape index (κ3) is 3.83. The quantitative estimate of drug-likeness (QED) is 0.442. The van der Waals surface area contributed by atoms with Crippen molar-refractivity contribution in [1.29, 1.82) is 0 Å². The van der Waals surface area contributed by atoms with E-state index >= 15 is 0 Å². The number of carbonyl (C=O) groups is 1. The fraction of sp³-hybridized carbons (Fsp3) is 0.400. The number of likely N-dealkylation sites (tertiary alicyclic amines) is 1. The first-order valence-electron chi connectivity index (χ1n) is 12.0. The molecule has 1 saturated heterocycles. The number of likely N-dealkylation sites (N-methyl/N-ethyl adjacent to an activating group) is 1. The van der Waals surface area contributed by atoms with Crippen LogP contribution in [0.15, 0.2) is 49.4 Å². The highest BCUT2D eigenvalue weighted by atomic mass is 16.3. The SMILES string of the molecule is CN(CC(=O)N1CCC(C(O)CC2c3ccccc3-c3cncn32)CC1)c1ncnc2nc[nH]c12. The molecule has 1 amide bonds. The third-order valence-electron chi connectivity index (χ3n) is 7.44. The largest absolute Gasteiger partial charge is 0.393 e. The Morgan fingerprint density at radius 2 is 2.06 bits per heavy atom. The van der Waals surface area contributed by atoms with Gasteiger partial charge in [-0.3, -0.25) is 4.79 Å². The van der Waals surface area contributed by atoms with Gasteiger partial charge < -0.3 is 24.5 Å². The summed E-state index contributed by atoms with van der Waals surface area (Å²) in [5.74, 6) is 0.879. The van der Waals surface area contributed by atoms with Crippen LogP contribution < -0.4 is 4.90 Å². The molecule has 4 aromatic rings. The molecule has 2 atom stereocenters. The van der Waals surface area contributed by atoms with E-state index in [9.17, 15) is 9.90 Å². The Morgan fingerprint density at radius 3 is 2.91 bits per heavy atom. The van der Waals surface area contributed by atoms with Crippen LogP contribution in [0.4, 0.5) is 5.82 Å². The lowest BCUT2D eigenvalue weighted by Gasteiger charge is -2.36. The van der Waals surface area contributed by atoms with Gasteiger partial charge in [-0.15, -0.1) is 0 Å². The lowest BCUT2D eigenvalue weighted by atomic mass is 9.86. The number of benzene rings is 1. The first-order chi connectivity index (χ1) is 17.1. The minimum atomic E-state index is -0.434. The maximum atomic E-state index is 13.0. The number of anilines is 1. The van der Waals surface area contributed by atoms with E-state index in [1.807, 2.05) is 35.4 Å². The van der Waals surface area contributed by atoms with Gasteiger partial charge in [-0.2, -0.15) is 0 Å². The number of fused-ring (bicyclic) bond motifs is 4. The highest BCUT2D eigenvalue weighted by molar-refractivity contribution is 5.87. The van der Waals surface area contributed by atoms with E-state index in [1.165, 1.54) is 17.5 Å². The molecule has 0 bridgehead atoms. The molecule has 6 rings (SSSR count). The summed E-state index contributed by atoms with van der Waals surface area (Å²) in [5.41, 5.74) is 4.85. The number of piperidine rings is 1. The number of nitrogens with one attached hydrogen (secondary N) is 1. The van der Waals surface area contributed by atoms with E-state index in [1.54, 1.807) is 6.33 Å². The maximum Gasteiger partial charge on any atom is 0.242 e.